The Morgan fingerprint density at radius 1 is 0.312 bits per heavy atom. The summed E-state index contributed by atoms with van der Waals surface area (Å²) in [5, 5.41) is -0.0509. The predicted octanol–water partition coefficient (Wildman–Crippen LogP) is 11.2. The van der Waals surface area contributed by atoms with Crippen LogP contribution in [-0.4, -0.2) is 350 Å². The van der Waals surface area contributed by atoms with Crippen molar-refractivity contribution in [3.8, 4) is 0 Å². The van der Waals surface area contributed by atoms with Crippen LogP contribution in [-0.2, 0) is 28.8 Å². The largest absolute Gasteiger partial charge is 0.354 e. The molecular formula is C102H132N36O6. The van der Waals surface area contributed by atoms with Crippen LogP contribution in [0.25, 0.3) is 95.3 Å². The summed E-state index contributed by atoms with van der Waals surface area (Å²) >= 11 is 0. The van der Waals surface area contributed by atoms with E-state index in [1.807, 2.05) is 0 Å². The van der Waals surface area contributed by atoms with E-state index in [4.69, 9.17) is 123 Å². The second-order valence-electron chi connectivity index (χ2n) is 31.2. The first kappa shape index (κ1) is 50.3. The van der Waals surface area contributed by atoms with E-state index in [0.717, 1.165) is 66.4 Å². The summed E-state index contributed by atoms with van der Waals surface area (Å²) in [6, 6.07) is -16.2. The van der Waals surface area contributed by atoms with Gasteiger partial charge in [0.25, 0.3) is 39.3 Å². The molecule has 12 aromatic heterocycles. The Labute approximate surface area is 928 Å². The van der Waals surface area contributed by atoms with Gasteiger partial charge in [0, 0.05) is 204 Å². The Balaban J connectivity index is 0.000000199. The van der Waals surface area contributed by atoms with Gasteiger partial charge in [-0.15, -0.1) is 0 Å². The molecule has 0 spiro atoms. The van der Waals surface area contributed by atoms with Crippen molar-refractivity contribution in [1.82, 2.24) is 119 Å². The van der Waals surface area contributed by atoms with Gasteiger partial charge in [-0.1, -0.05) is 41.3 Å². The van der Waals surface area contributed by atoms with Crippen LogP contribution in [0.3, 0.4) is 0 Å². The molecule has 6 amide bonds. The van der Waals surface area contributed by atoms with Crippen molar-refractivity contribution in [2.75, 3.05) is 189 Å². The average Bonchev–Trinajstić information content (AvgIpc) is 1.09. The third-order valence-corrected chi connectivity index (χ3v) is 20.9. The zero-order valence-corrected chi connectivity index (χ0v) is 79.1. The summed E-state index contributed by atoms with van der Waals surface area (Å²) in [5.74, 6) is -25.9. The fourth-order valence-electron chi connectivity index (χ4n) is 14.0. The molecule has 0 radical (unpaired) electrons. The third kappa shape index (κ3) is 24.5. The standard InChI is InChI=1S/6C17H22N6O/c6*1-11-5-6-23(15(24)8-18-3)9-14(11)22(4)17-13-7-12(2)21-16(13)19-10-20-17/h6*7,10-11,14H,5-6,8-9H2,1-2,4H3,(H,19,20,21)/t6*11-,14+/m111111/s1/i5D2,6D2,7D,9D2,10D,11D,14D;1D3,5D2,6D2,7D,9D2,10D,14D;1D3,5D2,6D2,7D,9D2,10D,11D;5D2,6D2,7D,9D2,10D,14D;5D2,6D2,7D,9D2,10D,11D;1D3,5D2,6D2,7D,9D2,10D. The lowest BCUT2D eigenvalue weighted by Gasteiger charge is -2.41. The number of amides is 6. The molecule has 756 valence electrons. The summed E-state index contributed by atoms with van der Waals surface area (Å²) in [5.41, 5.74) is 2.14. The number of fused-ring (bicyclic) bond motifs is 6. The minimum Gasteiger partial charge on any atom is -0.354 e. The van der Waals surface area contributed by atoms with E-state index < -0.39 is 333 Å². The molecule has 0 bridgehead atoms. The summed E-state index contributed by atoms with van der Waals surface area (Å²) in [4.78, 5) is 161. The van der Waals surface area contributed by atoms with Crippen LogP contribution in [0.15, 0.2) is 74.1 Å². The second-order valence-corrected chi connectivity index (χ2v) is 31.2. The molecule has 0 unspecified atom stereocenters. The predicted molar refractivity (Wildman–Crippen MR) is 556 cm³/mol. The van der Waals surface area contributed by atoms with Gasteiger partial charge in [-0.05, 0) is 151 Å². The highest BCUT2D eigenvalue weighted by molar-refractivity contribution is 5.94. The number of anilines is 6. The van der Waals surface area contributed by atoms with Gasteiger partial charge in [0.1, 0.15) is 115 Å². The van der Waals surface area contributed by atoms with E-state index in [0.29, 0.717) is 27.7 Å². The van der Waals surface area contributed by atoms with Crippen LogP contribution in [0.2, 0.25) is 0 Å². The molecule has 0 aromatic carbocycles. The zero-order valence-electron chi connectivity index (χ0n) is 142. The van der Waals surface area contributed by atoms with Crippen LogP contribution < -0.4 is 29.4 Å². The maximum atomic E-state index is 12.8. The smallest absolute Gasteiger partial charge is 0.302 e. The second kappa shape index (κ2) is 47.7. The lowest BCUT2D eigenvalue weighted by Crippen LogP contribution is -2.53. The van der Waals surface area contributed by atoms with Gasteiger partial charge in [-0.3, -0.25) is 28.8 Å². The number of hydrogen-bond acceptors (Lipinski definition) is 24. The number of likely N-dealkylation sites (tertiary alicyclic amines) is 6. The number of rotatable bonds is 18. The molecule has 0 aliphatic carbocycles. The number of aromatic amines is 6. The fourth-order valence-corrected chi connectivity index (χ4v) is 14.0. The van der Waals surface area contributed by atoms with Gasteiger partial charge < -0.3 is 118 Å². The van der Waals surface area contributed by atoms with E-state index >= 15 is 0 Å². The van der Waals surface area contributed by atoms with Crippen molar-refractivity contribution in [2.24, 2.45) is 35.4 Å². The molecular weight excluding hydrogens is 1830 g/mol. The first-order chi connectivity index (χ1) is 93.4. The van der Waals surface area contributed by atoms with Crippen LogP contribution in [0.5, 0.6) is 0 Å². The quantitative estimate of drug-likeness (QED) is 0.0435. The SMILES string of the molecule is [2H]c1nc(N(C)[C@@H]2[C@H](C([2H])([2H])[2H])C([2H])([2H])C([2H])([2H])N(C(=O)C[N+]#[C-])C2([2H])[2H])c2c([2H])c(C)[nH]c2n1.[2H]c1nc(N(C)[C@@]2([2H])C([2H])([2H])N(C(=O)C[N+]#[C-])C([2H])([2H])C([2H])([2H])[C@@]2([2H])C)c2c([2H])c(C)[nH]c2n1.[2H]c1nc(N(C)[C@H]2C([2H])([2H])N(C(=O)C[N+]#[C-])C([2H])([2H])C([2H])([2H])[C@@]2([2H])C([2H])([2H])[2H])c2c([2H])c(C)[nH]c2n1.[2H]c1nc(N(C)[C@H]2C([2H])([2H])N(C(=O)C[N+]#[C-])C([2H])([2H])C([2H])([2H])[C@@]2([2H])C)c2c([2H])c(C)[nH]c2n1.[2H]c1nc(N(C)[C@]2([2H])[C@H](C([2H])([2H])[2H])C([2H])([2H])C([2H])([2H])N(C(=O)C[N+]#[C-])C2([2H])[2H])c2c([2H])c(C)[nH]c2n1.[2H]c1nc(N(C)[C@]2([2H])[C@H](C)C([2H])([2H])C([2H])([2H])N(C(=O)C[N+]#[C-])C2([2H])[2H])c2c([2H])c(C)[nH]c2n1. The molecule has 18 heterocycles. The molecule has 42 heteroatoms. The van der Waals surface area contributed by atoms with Crippen molar-refractivity contribution in [3.63, 3.8) is 0 Å². The maximum Gasteiger partial charge on any atom is 0.302 e. The highest BCUT2D eigenvalue weighted by atomic mass is 16.2. The Bertz CT molecular complexity index is 10200. The number of hydrogen-bond donors (Lipinski definition) is 6. The lowest BCUT2D eigenvalue weighted by atomic mass is 9.92. The number of aromatic nitrogens is 18. The number of piperidine rings is 6. The van der Waals surface area contributed by atoms with E-state index in [2.05, 4.69) is 119 Å². The number of nitrogens with one attached hydrogen (secondary N) is 6. The third-order valence-electron chi connectivity index (χ3n) is 20.9. The van der Waals surface area contributed by atoms with Crippen molar-refractivity contribution in [3.05, 3.63) is 177 Å². The molecule has 6 fully saturated rings. The normalized spacial score (nSPS) is 36.9. The van der Waals surface area contributed by atoms with E-state index in [-0.39, 0.29) is 167 Å². The number of carbonyl (C=O) groups is 6. The first-order valence-corrected chi connectivity index (χ1v) is 42.3. The Kier molecular flexibility index (Phi) is 16.7. The van der Waals surface area contributed by atoms with Crippen molar-refractivity contribution in [2.45, 2.75) is 157 Å². The summed E-state index contributed by atoms with van der Waals surface area (Å²) in [6.45, 7) is -2.78. The van der Waals surface area contributed by atoms with Gasteiger partial charge in [-0.2, -0.15) is 0 Å². The van der Waals surface area contributed by atoms with Gasteiger partial charge in [-0.25, -0.2) is 99.2 Å². The molecule has 6 aliphatic heterocycles. The monoisotopic (exact) mass is 2020 g/mol. The molecule has 18 rings (SSSR count). The van der Waals surface area contributed by atoms with Crippen LogP contribution in [0.1, 0.15) is 200 Å². The average molecular weight is 2020 g/mol. The maximum absolute atomic E-state index is 12.8. The number of H-pyrrole nitrogens is 6. The fraction of sp³-hybridized carbons (Fsp3) is 0.529. The van der Waals surface area contributed by atoms with Crippen LogP contribution >= 0.6 is 0 Å². The minimum absolute atomic E-state index is 0.00842. The molecule has 0 saturated carbocycles. The number of likely N-dealkylation sites (N-methyl/N-ethyl adjacent to an activating group) is 6. The molecule has 6 saturated heterocycles. The van der Waals surface area contributed by atoms with Crippen molar-refractivity contribution >= 4 is 137 Å². The van der Waals surface area contributed by atoms with Gasteiger partial charge in [0.2, 0.25) is 0 Å². The highest BCUT2D eigenvalue weighted by Crippen LogP contribution is 2.38. The highest BCUT2D eigenvalue weighted by Gasteiger charge is 2.41. The van der Waals surface area contributed by atoms with E-state index in [9.17, 15) is 31.5 Å². The molecule has 144 heavy (non-hydrogen) atoms. The topological polar surface area (TPSA) is 417 Å². The van der Waals surface area contributed by atoms with Crippen LogP contribution in [0.4, 0.5) is 34.9 Å². The molecule has 6 aliphatic rings. The van der Waals surface area contributed by atoms with Crippen molar-refractivity contribution in [1.29, 1.82) is 0 Å². The van der Waals surface area contributed by atoms with Gasteiger partial charge in [0.05, 0.1) is 97.3 Å². The van der Waals surface area contributed by atoms with Gasteiger partial charge in [0.15, 0.2) is 0 Å². The Hall–Kier alpha value is -15.7. The van der Waals surface area contributed by atoms with E-state index in [1.54, 1.807) is 27.7 Å². The molecule has 12 atom stereocenters. The first-order valence-electron chi connectivity index (χ1n) is 73.8. The summed E-state index contributed by atoms with van der Waals surface area (Å²) < 4.78 is 529. The van der Waals surface area contributed by atoms with Crippen molar-refractivity contribution < 1.29 is 115 Å². The number of aryl methyl sites for hydroxylation is 6. The Morgan fingerprint density at radius 3 is 0.826 bits per heavy atom. The molecule has 6 N–H and O–H groups in total. The lowest BCUT2D eigenvalue weighted by molar-refractivity contribution is -0.131. The summed E-state index contributed by atoms with van der Waals surface area (Å²) in [6.07, 6.45) is -23.3. The number of nitrogens with zero attached hydrogens (tertiary/aromatic N) is 30. The molecule has 42 nitrogen and oxygen atoms in total. The number of carbonyl (C=O) groups excluding carboxylic acids is 6. The summed E-state index contributed by atoms with van der Waals surface area (Å²) in [7, 11) is 6.77. The van der Waals surface area contributed by atoms with Crippen LogP contribution in [0, 0.1) is 116 Å². The Morgan fingerprint density at radius 2 is 0.535 bits per heavy atom. The van der Waals surface area contributed by atoms with Gasteiger partial charge >= 0.3 is 35.4 Å². The minimum atomic E-state index is -3.72. The van der Waals surface area contributed by atoms with E-state index in [1.165, 1.54) is 35.0 Å². The zero-order chi connectivity index (χ0) is 159. The molecule has 12 aromatic rings.